The number of carboxylic acids is 1. The van der Waals surface area contributed by atoms with Crippen molar-refractivity contribution in [1.29, 1.82) is 0 Å². The van der Waals surface area contributed by atoms with Crippen LogP contribution in [0.2, 0.25) is 0 Å². The maximum atomic E-state index is 11.7. The Morgan fingerprint density at radius 1 is 1.29 bits per heavy atom. The molecule has 1 aromatic carbocycles. The summed E-state index contributed by atoms with van der Waals surface area (Å²) >= 11 is 0. The van der Waals surface area contributed by atoms with Crippen molar-refractivity contribution in [3.05, 3.63) is 35.9 Å². The molecule has 17 heavy (non-hydrogen) atoms. The van der Waals surface area contributed by atoms with Crippen molar-refractivity contribution in [2.45, 2.75) is 32.2 Å². The number of rotatable bonds is 5. The van der Waals surface area contributed by atoms with Gasteiger partial charge in [-0.15, -0.1) is 0 Å². The molecule has 0 aliphatic heterocycles. The summed E-state index contributed by atoms with van der Waals surface area (Å²) in [4.78, 5) is 22.7. The van der Waals surface area contributed by atoms with Crippen molar-refractivity contribution in [2.75, 3.05) is 0 Å². The molecule has 0 aromatic heterocycles. The van der Waals surface area contributed by atoms with Gasteiger partial charge >= 0.3 is 5.97 Å². The topological polar surface area (TPSA) is 66.4 Å². The average Bonchev–Trinajstić information content (AvgIpc) is 2.29. The van der Waals surface area contributed by atoms with E-state index in [4.69, 9.17) is 5.11 Å². The molecule has 0 saturated carbocycles. The van der Waals surface area contributed by atoms with Crippen LogP contribution in [-0.4, -0.2) is 22.5 Å². The zero-order valence-electron chi connectivity index (χ0n) is 10.1. The molecule has 0 heterocycles. The summed E-state index contributed by atoms with van der Waals surface area (Å²) in [5, 5.41) is 11.6. The molecule has 0 radical (unpaired) electrons. The van der Waals surface area contributed by atoms with Gasteiger partial charge in [0.25, 0.3) is 0 Å². The largest absolute Gasteiger partial charge is 0.480 e. The van der Waals surface area contributed by atoms with Crippen LogP contribution in [0.3, 0.4) is 0 Å². The minimum atomic E-state index is -1.19. The van der Waals surface area contributed by atoms with Gasteiger partial charge in [-0.3, -0.25) is 4.79 Å². The standard InChI is InChI=1S/C13H17NO3/c1-3-13(2,12(16)17)14-11(15)9-10-7-5-4-6-8-10/h4-8H,3,9H2,1-2H3,(H,14,15)(H,16,17). The first-order valence-electron chi connectivity index (χ1n) is 5.56. The number of hydrogen-bond acceptors (Lipinski definition) is 2. The first-order valence-corrected chi connectivity index (χ1v) is 5.56. The van der Waals surface area contributed by atoms with Crippen molar-refractivity contribution in [3.8, 4) is 0 Å². The second kappa shape index (κ2) is 5.48. The number of nitrogens with one attached hydrogen (secondary N) is 1. The molecule has 4 nitrogen and oxygen atoms in total. The molecule has 92 valence electrons. The van der Waals surface area contributed by atoms with Crippen LogP contribution in [0.1, 0.15) is 25.8 Å². The summed E-state index contributed by atoms with van der Waals surface area (Å²) in [7, 11) is 0. The zero-order valence-corrected chi connectivity index (χ0v) is 10.1. The van der Waals surface area contributed by atoms with Crippen LogP contribution in [0.4, 0.5) is 0 Å². The minimum Gasteiger partial charge on any atom is -0.480 e. The molecular weight excluding hydrogens is 218 g/mol. The number of amides is 1. The molecule has 0 aliphatic carbocycles. The first-order chi connectivity index (χ1) is 7.98. The predicted octanol–water partition coefficient (Wildman–Crippen LogP) is 1.60. The summed E-state index contributed by atoms with van der Waals surface area (Å²) in [6, 6.07) is 9.24. The number of carbonyl (C=O) groups excluding carboxylic acids is 1. The highest BCUT2D eigenvalue weighted by Crippen LogP contribution is 2.10. The van der Waals surface area contributed by atoms with Crippen LogP contribution in [0.25, 0.3) is 0 Å². The molecule has 1 aromatic rings. The third-order valence-electron chi connectivity index (χ3n) is 2.80. The van der Waals surface area contributed by atoms with Crippen molar-refractivity contribution < 1.29 is 14.7 Å². The van der Waals surface area contributed by atoms with Crippen LogP contribution in [0.15, 0.2) is 30.3 Å². The van der Waals surface area contributed by atoms with Crippen molar-refractivity contribution >= 4 is 11.9 Å². The van der Waals surface area contributed by atoms with Gasteiger partial charge in [0.15, 0.2) is 0 Å². The van der Waals surface area contributed by atoms with Crippen molar-refractivity contribution in [2.24, 2.45) is 0 Å². The second-order valence-corrected chi connectivity index (χ2v) is 4.20. The number of carbonyl (C=O) groups is 2. The Balaban J connectivity index is 2.64. The lowest BCUT2D eigenvalue weighted by Crippen LogP contribution is -2.52. The highest BCUT2D eigenvalue weighted by molar-refractivity contribution is 5.87. The lowest BCUT2D eigenvalue weighted by atomic mass is 9.98. The van der Waals surface area contributed by atoms with Gasteiger partial charge in [0.2, 0.25) is 5.91 Å². The Bertz CT molecular complexity index is 402. The van der Waals surface area contributed by atoms with Crippen LogP contribution >= 0.6 is 0 Å². The molecule has 1 unspecified atom stereocenters. The van der Waals surface area contributed by atoms with E-state index in [1.807, 2.05) is 30.3 Å². The summed E-state index contributed by atoms with van der Waals surface area (Å²) in [5.41, 5.74) is -0.319. The van der Waals surface area contributed by atoms with Gasteiger partial charge in [-0.1, -0.05) is 37.3 Å². The third kappa shape index (κ3) is 3.59. The molecule has 2 N–H and O–H groups in total. The van der Waals surface area contributed by atoms with Crippen LogP contribution in [-0.2, 0) is 16.0 Å². The molecule has 0 aliphatic rings. The lowest BCUT2D eigenvalue weighted by molar-refractivity contribution is -0.146. The van der Waals surface area contributed by atoms with E-state index < -0.39 is 11.5 Å². The number of hydrogen-bond donors (Lipinski definition) is 2. The Morgan fingerprint density at radius 3 is 2.35 bits per heavy atom. The highest BCUT2D eigenvalue weighted by atomic mass is 16.4. The number of benzene rings is 1. The fourth-order valence-electron chi connectivity index (χ4n) is 1.43. The molecule has 0 bridgehead atoms. The number of carboxylic acid groups (broad SMARTS) is 1. The monoisotopic (exact) mass is 235 g/mol. The predicted molar refractivity (Wildman–Crippen MR) is 64.6 cm³/mol. The van der Waals surface area contributed by atoms with Crippen molar-refractivity contribution in [1.82, 2.24) is 5.32 Å². The van der Waals surface area contributed by atoms with Gasteiger partial charge in [-0.2, -0.15) is 0 Å². The Morgan fingerprint density at radius 2 is 1.88 bits per heavy atom. The number of aliphatic carboxylic acids is 1. The Hall–Kier alpha value is -1.84. The zero-order chi connectivity index (χ0) is 12.9. The fourth-order valence-corrected chi connectivity index (χ4v) is 1.43. The molecular formula is C13H17NO3. The van der Waals surface area contributed by atoms with E-state index in [9.17, 15) is 9.59 Å². The van der Waals surface area contributed by atoms with E-state index in [1.54, 1.807) is 6.92 Å². The summed E-state index contributed by atoms with van der Waals surface area (Å²) in [6.45, 7) is 3.25. The fraction of sp³-hybridized carbons (Fsp3) is 0.385. The maximum Gasteiger partial charge on any atom is 0.329 e. The van der Waals surface area contributed by atoms with Gasteiger partial charge in [-0.25, -0.2) is 4.79 Å². The molecule has 1 amide bonds. The summed E-state index contributed by atoms with van der Waals surface area (Å²) in [6.07, 6.45) is 0.548. The van der Waals surface area contributed by atoms with Gasteiger partial charge in [0.05, 0.1) is 6.42 Å². The van der Waals surface area contributed by atoms with Crippen LogP contribution in [0, 0.1) is 0 Å². The molecule has 0 spiro atoms. The SMILES string of the molecule is CCC(C)(NC(=O)Cc1ccccc1)C(=O)O. The molecule has 1 atom stereocenters. The lowest BCUT2D eigenvalue weighted by Gasteiger charge is -2.24. The van der Waals surface area contributed by atoms with E-state index in [0.29, 0.717) is 6.42 Å². The molecule has 4 heteroatoms. The van der Waals surface area contributed by atoms with Crippen molar-refractivity contribution in [3.63, 3.8) is 0 Å². The second-order valence-electron chi connectivity index (χ2n) is 4.20. The summed E-state index contributed by atoms with van der Waals surface area (Å²) in [5.74, 6) is -1.29. The maximum absolute atomic E-state index is 11.7. The Kier molecular flexibility index (Phi) is 4.26. The van der Waals surface area contributed by atoms with Gasteiger partial charge in [0.1, 0.15) is 5.54 Å². The molecule has 0 fully saturated rings. The van der Waals surface area contributed by atoms with Gasteiger partial charge in [-0.05, 0) is 18.9 Å². The third-order valence-corrected chi connectivity index (χ3v) is 2.80. The van der Waals surface area contributed by atoms with Crippen LogP contribution in [0.5, 0.6) is 0 Å². The Labute approximate surface area is 101 Å². The quantitative estimate of drug-likeness (QED) is 0.814. The smallest absolute Gasteiger partial charge is 0.329 e. The average molecular weight is 235 g/mol. The normalized spacial score (nSPS) is 13.8. The van der Waals surface area contributed by atoms with Gasteiger partial charge in [0, 0.05) is 0 Å². The molecule has 1 rings (SSSR count). The van der Waals surface area contributed by atoms with Gasteiger partial charge < -0.3 is 10.4 Å². The van der Waals surface area contributed by atoms with E-state index in [0.717, 1.165) is 5.56 Å². The summed E-state index contributed by atoms with van der Waals surface area (Å²) < 4.78 is 0. The van der Waals surface area contributed by atoms with E-state index >= 15 is 0 Å². The highest BCUT2D eigenvalue weighted by Gasteiger charge is 2.32. The first kappa shape index (κ1) is 13.2. The van der Waals surface area contributed by atoms with Crippen LogP contribution < -0.4 is 5.32 Å². The van der Waals surface area contributed by atoms with E-state index in [2.05, 4.69) is 5.32 Å². The minimum absolute atomic E-state index is 0.198. The molecule has 0 saturated heterocycles. The van der Waals surface area contributed by atoms with E-state index in [1.165, 1.54) is 6.92 Å². The van der Waals surface area contributed by atoms with E-state index in [-0.39, 0.29) is 12.3 Å².